The molecular weight excluding hydrogens is 352 g/mol. The fourth-order valence-corrected chi connectivity index (χ4v) is 3.38. The number of hydrogen-bond donors (Lipinski definition) is 2. The monoisotopic (exact) mass is 376 g/mol. The number of piperazine rings is 1. The number of anilines is 2. The highest BCUT2D eigenvalue weighted by Gasteiger charge is 2.30. The van der Waals surface area contributed by atoms with Crippen molar-refractivity contribution in [3.63, 3.8) is 0 Å². The van der Waals surface area contributed by atoms with E-state index in [1.54, 1.807) is 14.0 Å². The lowest BCUT2D eigenvalue weighted by atomic mass is 10.2. The number of ether oxygens (including phenoxy) is 1. The Labute approximate surface area is 157 Å². The zero-order valence-electron chi connectivity index (χ0n) is 15.5. The zero-order valence-corrected chi connectivity index (χ0v) is 15.5. The minimum absolute atomic E-state index is 0.126. The summed E-state index contributed by atoms with van der Waals surface area (Å²) in [6, 6.07) is 10.5. The first-order chi connectivity index (χ1) is 13.0. The van der Waals surface area contributed by atoms with Gasteiger partial charge in [-0.1, -0.05) is 12.1 Å². The van der Waals surface area contributed by atoms with Crippen LogP contribution in [0.15, 0.2) is 42.5 Å². The van der Waals surface area contributed by atoms with Crippen molar-refractivity contribution in [3.05, 3.63) is 54.1 Å². The number of carbonyl (C=O) groups is 1. The quantitative estimate of drug-likeness (QED) is 0.835. The maximum atomic E-state index is 13.7. The molecule has 2 N–H and O–H groups in total. The van der Waals surface area contributed by atoms with Crippen LogP contribution >= 0.6 is 0 Å². The Balaban J connectivity index is 1.60. The molecule has 7 heteroatoms. The summed E-state index contributed by atoms with van der Waals surface area (Å²) in [5.74, 6) is -0.723. The molecular formula is C20H24F2N3O2+. The molecule has 0 spiro atoms. The van der Waals surface area contributed by atoms with Crippen LogP contribution in [-0.4, -0.2) is 45.2 Å². The van der Waals surface area contributed by atoms with E-state index in [0.717, 1.165) is 60.7 Å². The predicted octanol–water partition coefficient (Wildman–Crippen LogP) is 1.71. The smallest absolute Gasteiger partial charge is 0.282 e. The molecule has 0 saturated carbocycles. The van der Waals surface area contributed by atoms with Gasteiger partial charge in [-0.25, -0.2) is 8.78 Å². The number of amides is 1. The number of carbonyl (C=O) groups excluding carboxylic acids is 1. The topological polar surface area (TPSA) is 46.0 Å². The fourth-order valence-electron chi connectivity index (χ4n) is 3.38. The number of nitrogens with one attached hydrogen (secondary N) is 2. The standard InChI is InChI=1S/C20H23F2N3O2/c1-14(20(26)23-17-13-15(21)7-8-16(17)22)24-9-11-25(12-10-24)18-5-3-4-6-19(18)27-2/h3-8,13-14H,9-12H2,1-2H3,(H,23,26)/p+1/t14-/m1/s1. The SMILES string of the molecule is COc1ccccc1N1CC[NH+]([C@H](C)C(=O)Nc2cc(F)ccc2F)CC1. The van der Waals surface area contributed by atoms with Crippen LogP contribution in [0.3, 0.4) is 0 Å². The van der Waals surface area contributed by atoms with Crippen LogP contribution < -0.4 is 19.9 Å². The van der Waals surface area contributed by atoms with Gasteiger partial charge in [0.2, 0.25) is 0 Å². The van der Waals surface area contributed by atoms with E-state index in [1.165, 1.54) is 0 Å². The molecule has 2 aromatic carbocycles. The van der Waals surface area contributed by atoms with Crippen molar-refractivity contribution in [2.45, 2.75) is 13.0 Å². The van der Waals surface area contributed by atoms with Crippen LogP contribution in [0.5, 0.6) is 5.75 Å². The minimum atomic E-state index is -0.645. The second kappa shape index (κ2) is 8.35. The molecule has 5 nitrogen and oxygen atoms in total. The highest BCUT2D eigenvalue weighted by Crippen LogP contribution is 2.27. The average Bonchev–Trinajstić information content (AvgIpc) is 2.70. The molecule has 1 aliphatic heterocycles. The van der Waals surface area contributed by atoms with Crippen molar-refractivity contribution in [2.75, 3.05) is 43.5 Å². The second-order valence-electron chi connectivity index (χ2n) is 6.65. The first-order valence-electron chi connectivity index (χ1n) is 8.98. The lowest BCUT2D eigenvalue weighted by Crippen LogP contribution is -3.19. The van der Waals surface area contributed by atoms with E-state index in [0.29, 0.717) is 0 Å². The van der Waals surface area contributed by atoms with Crippen molar-refractivity contribution < 1.29 is 23.2 Å². The van der Waals surface area contributed by atoms with E-state index in [1.807, 2.05) is 24.3 Å². The highest BCUT2D eigenvalue weighted by atomic mass is 19.1. The van der Waals surface area contributed by atoms with Gasteiger partial charge in [-0.2, -0.15) is 0 Å². The van der Waals surface area contributed by atoms with Gasteiger partial charge < -0.3 is 19.9 Å². The van der Waals surface area contributed by atoms with E-state index < -0.39 is 11.6 Å². The van der Waals surface area contributed by atoms with Gasteiger partial charge in [0.05, 0.1) is 44.7 Å². The fraction of sp³-hybridized carbons (Fsp3) is 0.350. The summed E-state index contributed by atoms with van der Waals surface area (Å²) in [5, 5.41) is 2.50. The molecule has 0 radical (unpaired) electrons. The molecule has 1 amide bonds. The van der Waals surface area contributed by atoms with Gasteiger partial charge in [-0.05, 0) is 31.2 Å². The number of benzene rings is 2. The molecule has 3 rings (SSSR count). The Morgan fingerprint density at radius 3 is 2.59 bits per heavy atom. The molecule has 1 atom stereocenters. The maximum absolute atomic E-state index is 13.7. The molecule has 0 unspecified atom stereocenters. The number of hydrogen-bond acceptors (Lipinski definition) is 3. The van der Waals surface area contributed by atoms with Crippen molar-refractivity contribution in [1.29, 1.82) is 0 Å². The van der Waals surface area contributed by atoms with E-state index in [9.17, 15) is 13.6 Å². The van der Waals surface area contributed by atoms with Gasteiger partial charge in [-0.3, -0.25) is 4.79 Å². The summed E-state index contributed by atoms with van der Waals surface area (Å²) in [6.07, 6.45) is 0. The third-order valence-electron chi connectivity index (χ3n) is 5.02. The number of nitrogens with zero attached hydrogens (tertiary/aromatic N) is 1. The number of para-hydroxylation sites is 2. The average molecular weight is 376 g/mol. The van der Waals surface area contributed by atoms with Crippen LogP contribution in [0.25, 0.3) is 0 Å². The molecule has 1 saturated heterocycles. The van der Waals surface area contributed by atoms with Crippen molar-refractivity contribution in [2.24, 2.45) is 0 Å². The summed E-state index contributed by atoms with van der Waals surface area (Å²) in [6.45, 7) is 4.89. The van der Waals surface area contributed by atoms with Gasteiger partial charge in [0.25, 0.3) is 5.91 Å². The van der Waals surface area contributed by atoms with Crippen LogP contribution in [0, 0.1) is 11.6 Å². The molecule has 2 aromatic rings. The van der Waals surface area contributed by atoms with Crippen LogP contribution in [0.1, 0.15) is 6.92 Å². The van der Waals surface area contributed by atoms with Gasteiger partial charge in [0.1, 0.15) is 17.4 Å². The van der Waals surface area contributed by atoms with Gasteiger partial charge >= 0.3 is 0 Å². The molecule has 1 heterocycles. The first kappa shape index (κ1) is 19.1. The van der Waals surface area contributed by atoms with E-state index >= 15 is 0 Å². The third kappa shape index (κ3) is 4.36. The third-order valence-corrected chi connectivity index (χ3v) is 5.02. The van der Waals surface area contributed by atoms with Crippen molar-refractivity contribution in [3.8, 4) is 5.75 Å². The summed E-state index contributed by atoms with van der Waals surface area (Å²) >= 11 is 0. The summed E-state index contributed by atoms with van der Waals surface area (Å²) in [4.78, 5) is 15.8. The Kier molecular flexibility index (Phi) is 5.91. The first-order valence-corrected chi connectivity index (χ1v) is 8.98. The van der Waals surface area contributed by atoms with E-state index in [2.05, 4.69) is 10.2 Å². The van der Waals surface area contributed by atoms with Crippen LogP contribution in [-0.2, 0) is 4.79 Å². The largest absolute Gasteiger partial charge is 0.495 e. The molecule has 0 bridgehead atoms. The number of rotatable bonds is 5. The Bertz CT molecular complexity index is 808. The summed E-state index contributed by atoms with van der Waals surface area (Å²) in [7, 11) is 1.65. The van der Waals surface area contributed by atoms with Gasteiger partial charge in [0, 0.05) is 6.07 Å². The molecule has 0 aliphatic carbocycles. The van der Waals surface area contributed by atoms with Crippen LogP contribution in [0.4, 0.5) is 20.2 Å². The van der Waals surface area contributed by atoms with Gasteiger partial charge in [-0.15, -0.1) is 0 Å². The Hall–Kier alpha value is -2.67. The minimum Gasteiger partial charge on any atom is -0.495 e. The summed E-state index contributed by atoms with van der Waals surface area (Å²) in [5.41, 5.74) is 0.914. The lowest BCUT2D eigenvalue weighted by molar-refractivity contribution is -0.914. The lowest BCUT2D eigenvalue weighted by Gasteiger charge is -2.36. The van der Waals surface area contributed by atoms with E-state index in [-0.39, 0.29) is 17.6 Å². The molecule has 1 fully saturated rings. The normalized spacial score (nSPS) is 16.1. The van der Waals surface area contributed by atoms with E-state index in [4.69, 9.17) is 4.74 Å². The number of methoxy groups -OCH3 is 1. The Morgan fingerprint density at radius 1 is 1.19 bits per heavy atom. The molecule has 144 valence electrons. The maximum Gasteiger partial charge on any atom is 0.282 e. The second-order valence-corrected chi connectivity index (χ2v) is 6.65. The van der Waals surface area contributed by atoms with Crippen LogP contribution in [0.2, 0.25) is 0 Å². The number of halogens is 2. The molecule has 1 aliphatic rings. The molecule has 27 heavy (non-hydrogen) atoms. The van der Waals surface area contributed by atoms with Crippen molar-refractivity contribution >= 4 is 17.3 Å². The summed E-state index contributed by atoms with van der Waals surface area (Å²) < 4.78 is 32.4. The zero-order chi connectivity index (χ0) is 19.4. The Morgan fingerprint density at radius 2 is 1.89 bits per heavy atom. The predicted molar refractivity (Wildman–Crippen MR) is 100 cm³/mol. The highest BCUT2D eigenvalue weighted by molar-refractivity contribution is 5.93. The van der Waals surface area contributed by atoms with Gasteiger partial charge in [0.15, 0.2) is 6.04 Å². The number of quaternary nitrogens is 1. The molecule has 0 aromatic heterocycles. The van der Waals surface area contributed by atoms with Crippen molar-refractivity contribution in [1.82, 2.24) is 0 Å².